The van der Waals surface area contributed by atoms with Gasteiger partial charge in [-0.2, -0.15) is 0 Å². The Morgan fingerprint density at radius 1 is 1.33 bits per heavy atom. The summed E-state index contributed by atoms with van der Waals surface area (Å²) in [5.41, 5.74) is -2.20. The maximum absolute atomic E-state index is 9.35. The smallest absolute Gasteiger partial charge is 0.188 e. The van der Waals surface area contributed by atoms with E-state index in [1.807, 2.05) is 0 Å². The monoisotopic (exact) mass is 180 g/mol. The molecule has 0 bridgehead atoms. The van der Waals surface area contributed by atoms with Crippen molar-refractivity contribution in [2.24, 2.45) is 0 Å². The normalized spacial score (nSPS) is 49.2. The lowest BCUT2D eigenvalue weighted by atomic mass is 9.91. The van der Waals surface area contributed by atoms with Gasteiger partial charge in [0, 0.05) is 0 Å². The van der Waals surface area contributed by atoms with E-state index >= 15 is 0 Å². The third kappa shape index (κ3) is 1.33. The van der Waals surface area contributed by atoms with Gasteiger partial charge in [0.25, 0.3) is 0 Å². The summed E-state index contributed by atoms with van der Waals surface area (Å²) in [7, 11) is 0. The van der Waals surface area contributed by atoms with E-state index < -0.39 is 30.7 Å². The molecular weight excluding hydrogens is 168 g/mol. The molecule has 1 rings (SSSR count). The molecule has 1 heterocycles. The summed E-state index contributed by atoms with van der Waals surface area (Å²) in [5.74, 6) is 0. The minimum Gasteiger partial charge on any atom is -0.393 e. The quantitative estimate of drug-likeness (QED) is 0.290. The lowest BCUT2D eigenvalue weighted by Crippen LogP contribution is -2.64. The van der Waals surface area contributed by atoms with Gasteiger partial charge in [-0.25, -0.2) is 0 Å². The van der Waals surface area contributed by atoms with Crippen molar-refractivity contribution < 1.29 is 30.3 Å². The van der Waals surface area contributed by atoms with Crippen LogP contribution in [0.5, 0.6) is 0 Å². The van der Waals surface area contributed by atoms with Crippen molar-refractivity contribution in [2.45, 2.75) is 24.1 Å². The summed E-state index contributed by atoms with van der Waals surface area (Å²) < 4.78 is 4.50. The highest BCUT2D eigenvalue weighted by molar-refractivity contribution is 4.95. The highest BCUT2D eigenvalue weighted by Crippen LogP contribution is 2.24. The van der Waals surface area contributed by atoms with Crippen LogP contribution in [0, 0.1) is 0 Å². The first-order valence-electron chi connectivity index (χ1n) is 3.51. The Hall–Kier alpha value is -0.240. The zero-order valence-corrected chi connectivity index (χ0v) is 6.29. The molecule has 1 aliphatic rings. The van der Waals surface area contributed by atoms with Crippen LogP contribution in [0.2, 0.25) is 0 Å². The second-order valence-electron chi connectivity index (χ2n) is 2.85. The van der Waals surface area contributed by atoms with Crippen molar-refractivity contribution in [2.75, 3.05) is 13.2 Å². The fraction of sp³-hybridized carbons (Fsp3) is 1.00. The van der Waals surface area contributed by atoms with Gasteiger partial charge in [0.15, 0.2) is 11.9 Å². The highest BCUT2D eigenvalue weighted by atomic mass is 16.6. The van der Waals surface area contributed by atoms with Gasteiger partial charge in [0.05, 0.1) is 13.2 Å². The summed E-state index contributed by atoms with van der Waals surface area (Å²) in [5, 5.41) is 45.2. The molecule has 1 saturated heterocycles. The van der Waals surface area contributed by atoms with E-state index in [4.69, 9.17) is 20.4 Å². The van der Waals surface area contributed by atoms with Gasteiger partial charge < -0.3 is 30.3 Å². The fourth-order valence-corrected chi connectivity index (χ4v) is 1.08. The minimum absolute atomic E-state index is 0.273. The van der Waals surface area contributed by atoms with Gasteiger partial charge in [-0.05, 0) is 0 Å². The Balaban J connectivity index is 2.78. The number of aliphatic hydroxyl groups excluding tert-OH is 4. The Kier molecular flexibility index (Phi) is 2.67. The maximum atomic E-state index is 9.35. The summed E-state index contributed by atoms with van der Waals surface area (Å²) in [6, 6.07) is 0. The van der Waals surface area contributed by atoms with E-state index in [1.165, 1.54) is 0 Å². The molecule has 0 amide bonds. The van der Waals surface area contributed by atoms with E-state index in [0.717, 1.165) is 0 Å². The predicted octanol–water partition coefficient (Wildman–Crippen LogP) is -3.22. The molecule has 0 aromatic carbocycles. The van der Waals surface area contributed by atoms with Crippen LogP contribution < -0.4 is 0 Å². The number of rotatable bonds is 1. The predicted molar refractivity (Wildman–Crippen MR) is 36.0 cm³/mol. The fourth-order valence-electron chi connectivity index (χ4n) is 1.08. The van der Waals surface area contributed by atoms with Crippen molar-refractivity contribution in [3.05, 3.63) is 0 Å². The van der Waals surface area contributed by atoms with Crippen LogP contribution in [0.25, 0.3) is 0 Å². The molecule has 1 unspecified atom stereocenters. The lowest BCUT2D eigenvalue weighted by molar-refractivity contribution is -0.310. The van der Waals surface area contributed by atoms with Gasteiger partial charge in [0.2, 0.25) is 0 Å². The molecule has 6 nitrogen and oxygen atoms in total. The summed E-state index contributed by atoms with van der Waals surface area (Å²) in [4.78, 5) is 0. The number of hydrogen-bond donors (Lipinski definition) is 5. The lowest BCUT2D eigenvalue weighted by Gasteiger charge is -2.41. The molecule has 5 N–H and O–H groups in total. The van der Waals surface area contributed by atoms with E-state index in [2.05, 4.69) is 4.74 Å². The first kappa shape index (κ1) is 9.85. The summed E-state index contributed by atoms with van der Waals surface area (Å²) in [6.07, 6.45) is -4.59. The number of hydrogen-bond acceptors (Lipinski definition) is 6. The third-order valence-corrected chi connectivity index (χ3v) is 1.98. The second kappa shape index (κ2) is 3.25. The first-order valence-corrected chi connectivity index (χ1v) is 3.51. The van der Waals surface area contributed by atoms with Crippen LogP contribution >= 0.6 is 0 Å². The van der Waals surface area contributed by atoms with E-state index in [9.17, 15) is 5.11 Å². The first-order chi connectivity index (χ1) is 5.52. The van der Waals surface area contributed by atoms with Crippen molar-refractivity contribution >= 4 is 0 Å². The standard InChI is InChI=1S/C6H12O6/c7-2-6(11)4(9)3(8)1-12-5(6)10/h3-5,7-11H,1-2H2/t3-,4-,5-,6?/m1/s1. The molecule has 1 aliphatic heterocycles. The highest BCUT2D eigenvalue weighted by Gasteiger charge is 2.50. The average molecular weight is 180 g/mol. The van der Waals surface area contributed by atoms with Gasteiger partial charge >= 0.3 is 0 Å². The van der Waals surface area contributed by atoms with E-state index in [-0.39, 0.29) is 6.61 Å². The Labute approximate surface area is 68.6 Å². The molecule has 72 valence electrons. The summed E-state index contributed by atoms with van der Waals surface area (Å²) in [6.45, 7) is -1.16. The molecule has 12 heavy (non-hydrogen) atoms. The van der Waals surface area contributed by atoms with Gasteiger partial charge in [0.1, 0.15) is 12.2 Å². The van der Waals surface area contributed by atoms with E-state index in [1.54, 1.807) is 0 Å². The van der Waals surface area contributed by atoms with Crippen molar-refractivity contribution in [1.82, 2.24) is 0 Å². The molecular formula is C6H12O6. The molecule has 4 atom stereocenters. The Bertz CT molecular complexity index is 162. The molecule has 0 radical (unpaired) electrons. The topological polar surface area (TPSA) is 110 Å². The zero-order valence-electron chi connectivity index (χ0n) is 6.29. The van der Waals surface area contributed by atoms with Crippen molar-refractivity contribution in [3.63, 3.8) is 0 Å². The Morgan fingerprint density at radius 2 is 1.92 bits per heavy atom. The molecule has 6 heteroatoms. The molecule has 0 saturated carbocycles. The van der Waals surface area contributed by atoms with Crippen molar-refractivity contribution in [1.29, 1.82) is 0 Å². The molecule has 0 aromatic rings. The van der Waals surface area contributed by atoms with Crippen LogP contribution in [0.1, 0.15) is 0 Å². The van der Waals surface area contributed by atoms with Gasteiger partial charge in [-0.1, -0.05) is 0 Å². The molecule has 0 aromatic heterocycles. The molecule has 1 fully saturated rings. The third-order valence-electron chi connectivity index (χ3n) is 1.98. The number of ether oxygens (including phenoxy) is 1. The average Bonchev–Trinajstić information content (AvgIpc) is 2.08. The van der Waals surface area contributed by atoms with Crippen LogP contribution in [-0.4, -0.2) is 62.8 Å². The summed E-state index contributed by atoms with van der Waals surface area (Å²) >= 11 is 0. The largest absolute Gasteiger partial charge is 0.393 e. The maximum Gasteiger partial charge on any atom is 0.188 e. The molecule has 0 spiro atoms. The van der Waals surface area contributed by atoms with Crippen LogP contribution in [-0.2, 0) is 4.74 Å². The molecule has 0 aliphatic carbocycles. The Morgan fingerprint density at radius 3 is 2.33 bits per heavy atom. The minimum atomic E-state index is -2.20. The number of aliphatic hydroxyl groups is 5. The van der Waals surface area contributed by atoms with Crippen LogP contribution in [0.15, 0.2) is 0 Å². The second-order valence-corrected chi connectivity index (χ2v) is 2.85. The van der Waals surface area contributed by atoms with E-state index in [0.29, 0.717) is 0 Å². The van der Waals surface area contributed by atoms with Crippen LogP contribution in [0.4, 0.5) is 0 Å². The van der Waals surface area contributed by atoms with Crippen molar-refractivity contribution in [3.8, 4) is 0 Å². The van der Waals surface area contributed by atoms with Gasteiger partial charge in [-0.15, -0.1) is 0 Å². The van der Waals surface area contributed by atoms with Crippen LogP contribution in [0.3, 0.4) is 0 Å². The van der Waals surface area contributed by atoms with Gasteiger partial charge in [-0.3, -0.25) is 0 Å². The SMILES string of the molecule is OCC1(O)[C@H](O)OC[C@@H](O)[C@H]1O. The zero-order chi connectivity index (χ0) is 9.35.